The fourth-order valence-corrected chi connectivity index (χ4v) is 8.24. The van der Waals surface area contributed by atoms with Gasteiger partial charge in [-0.25, -0.2) is 0 Å². The lowest BCUT2D eigenvalue weighted by atomic mass is 10.0. The molecule has 102 heavy (non-hydrogen) atoms. The average Bonchev–Trinajstić information content (AvgIpc) is 0.852. The van der Waals surface area contributed by atoms with E-state index in [4.69, 9.17) is 28.4 Å². The molecular formula is C95H110O7. The standard InChI is InChI=1S/C27H24O2.C26H22O2.C8H10O2.4C6H6.C2H6O.4C2H6/c1-20-3-11-24(12-4-20)28-26-15-7-22(8-16-26)19-23-9-17-27(18-10-23)29-25-13-5-21(2)6-14-25;1-19-3-11-23(12-4-19)27-25-15-7-21(8-16-25)22-9-17-26(18-10-22)28-24-13-5-20(2)6-14-24;1-9-7-3-5-8(10-2)6-4-7;4*1-2-4-6-5-3-1;1-3-2;4*1-2/h3-18H,19H2,1-2H3;3-18H,1-2H3;3-6H,1-2H3;4*1-6H;1-2H3;4*1-2H3. The Morgan fingerprint density at radius 1 is 0.176 bits per heavy atom. The molecule has 0 heterocycles. The molecule has 0 unspecified atom stereocenters. The van der Waals surface area contributed by atoms with Gasteiger partial charge in [-0.05, 0) is 178 Å². The Labute approximate surface area is 613 Å². The first-order chi connectivity index (χ1) is 50.1. The van der Waals surface area contributed by atoms with Crippen LogP contribution in [0.3, 0.4) is 0 Å². The van der Waals surface area contributed by atoms with Crippen molar-refractivity contribution in [2.75, 3.05) is 28.4 Å². The van der Waals surface area contributed by atoms with Gasteiger partial charge in [0.25, 0.3) is 0 Å². The molecule has 0 saturated heterocycles. The van der Waals surface area contributed by atoms with Gasteiger partial charge in [-0.15, -0.1) is 0 Å². The number of aryl methyl sites for hydroxylation is 4. The Morgan fingerprint density at radius 3 is 0.451 bits per heavy atom. The Kier molecular flexibility index (Phi) is 48.9. The summed E-state index contributed by atoms with van der Waals surface area (Å²) in [6.45, 7) is 24.3. The van der Waals surface area contributed by atoms with Gasteiger partial charge in [0.05, 0.1) is 14.2 Å². The number of benzene rings is 13. The highest BCUT2D eigenvalue weighted by Gasteiger charge is 2.05. The molecule has 13 aromatic carbocycles. The molecule has 0 bridgehead atoms. The maximum Gasteiger partial charge on any atom is 0.127 e. The molecule has 0 aliphatic rings. The molecule has 532 valence electrons. The lowest BCUT2D eigenvalue weighted by Crippen LogP contribution is -1.90. The normalized spacial score (nSPS) is 9.06. The lowest BCUT2D eigenvalue weighted by Gasteiger charge is -2.09. The van der Waals surface area contributed by atoms with E-state index in [1.165, 1.54) is 33.4 Å². The highest BCUT2D eigenvalue weighted by molar-refractivity contribution is 5.65. The van der Waals surface area contributed by atoms with E-state index >= 15 is 0 Å². The van der Waals surface area contributed by atoms with Crippen LogP contribution in [0.1, 0.15) is 88.8 Å². The Bertz CT molecular complexity index is 3500. The second-order valence-electron chi connectivity index (χ2n) is 21.1. The summed E-state index contributed by atoms with van der Waals surface area (Å²) in [4.78, 5) is 0. The van der Waals surface area contributed by atoms with Crippen LogP contribution in [-0.2, 0) is 11.2 Å². The van der Waals surface area contributed by atoms with Gasteiger partial charge in [0.1, 0.15) is 57.5 Å². The first kappa shape index (κ1) is 86.7. The summed E-state index contributed by atoms with van der Waals surface area (Å²) in [7, 11) is 6.53. The smallest absolute Gasteiger partial charge is 0.127 e. The lowest BCUT2D eigenvalue weighted by molar-refractivity contribution is 0.277. The topological polar surface area (TPSA) is 64.6 Å². The summed E-state index contributed by atoms with van der Waals surface area (Å²) in [5.41, 5.74) is 9.65. The van der Waals surface area contributed by atoms with Gasteiger partial charge in [0.2, 0.25) is 0 Å². The van der Waals surface area contributed by atoms with E-state index in [2.05, 4.69) is 105 Å². The maximum atomic E-state index is 5.90. The third-order valence-electron chi connectivity index (χ3n) is 13.3. The van der Waals surface area contributed by atoms with Crippen LogP contribution in [-0.4, -0.2) is 28.4 Å². The SMILES string of the molecule is CC.CC.CC.CC.COC.COc1ccc(OC)cc1.Cc1ccc(Oc2ccc(-c3ccc(Oc4ccc(C)cc4)cc3)cc2)cc1.Cc1ccc(Oc2ccc(Cc3ccc(Oc4ccc(C)cc4)cc3)cc2)cc1.c1ccccc1.c1ccccc1.c1ccccc1.c1ccccc1. The summed E-state index contributed by atoms with van der Waals surface area (Å²) in [5.74, 6) is 8.44. The van der Waals surface area contributed by atoms with Crippen molar-refractivity contribution >= 4 is 0 Å². The van der Waals surface area contributed by atoms with Crippen molar-refractivity contribution in [3.63, 3.8) is 0 Å². The molecule has 0 aliphatic carbocycles. The molecule has 0 aromatic heterocycles. The van der Waals surface area contributed by atoms with Crippen LogP contribution >= 0.6 is 0 Å². The van der Waals surface area contributed by atoms with E-state index in [1.807, 2.05) is 347 Å². The molecule has 0 fully saturated rings. The zero-order valence-corrected chi connectivity index (χ0v) is 63.2. The largest absolute Gasteiger partial charge is 0.497 e. The van der Waals surface area contributed by atoms with Crippen molar-refractivity contribution in [3.05, 3.63) is 397 Å². The first-order valence-electron chi connectivity index (χ1n) is 35.0. The van der Waals surface area contributed by atoms with Crippen LogP contribution in [0.15, 0.2) is 364 Å². The highest BCUT2D eigenvalue weighted by atomic mass is 16.5. The van der Waals surface area contributed by atoms with E-state index in [0.29, 0.717) is 0 Å². The van der Waals surface area contributed by atoms with Gasteiger partial charge >= 0.3 is 0 Å². The molecule has 0 aliphatic heterocycles. The van der Waals surface area contributed by atoms with Crippen molar-refractivity contribution in [2.45, 2.75) is 89.5 Å². The van der Waals surface area contributed by atoms with Crippen molar-refractivity contribution < 1.29 is 33.2 Å². The summed E-state index contributed by atoms with van der Waals surface area (Å²) in [6.07, 6.45) is 0.871. The molecule has 0 atom stereocenters. The van der Waals surface area contributed by atoms with E-state index in [-0.39, 0.29) is 0 Å². The molecular weight excluding hydrogens is 1250 g/mol. The number of hydrogen-bond donors (Lipinski definition) is 0. The van der Waals surface area contributed by atoms with Crippen molar-refractivity contribution in [1.82, 2.24) is 0 Å². The van der Waals surface area contributed by atoms with E-state index in [9.17, 15) is 0 Å². The number of methoxy groups -OCH3 is 3. The predicted octanol–water partition coefficient (Wildman–Crippen LogP) is 27.9. The van der Waals surface area contributed by atoms with Crippen LogP contribution in [0.25, 0.3) is 11.1 Å². The summed E-state index contributed by atoms with van der Waals surface area (Å²) in [5, 5.41) is 0. The van der Waals surface area contributed by atoms with Crippen molar-refractivity contribution in [3.8, 4) is 68.6 Å². The van der Waals surface area contributed by atoms with Crippen LogP contribution in [0.5, 0.6) is 57.5 Å². The van der Waals surface area contributed by atoms with E-state index < -0.39 is 0 Å². The van der Waals surface area contributed by atoms with Crippen molar-refractivity contribution in [2.24, 2.45) is 0 Å². The summed E-state index contributed by atoms with van der Waals surface area (Å²) < 4.78 is 37.8. The van der Waals surface area contributed by atoms with Gasteiger partial charge < -0.3 is 33.2 Å². The second-order valence-corrected chi connectivity index (χ2v) is 21.1. The molecule has 7 nitrogen and oxygen atoms in total. The Morgan fingerprint density at radius 2 is 0.304 bits per heavy atom. The number of rotatable bonds is 13. The Hall–Kier alpha value is -11.4. The van der Waals surface area contributed by atoms with Gasteiger partial charge in [0, 0.05) is 14.2 Å². The van der Waals surface area contributed by atoms with E-state index in [0.717, 1.165) is 75.0 Å². The third kappa shape index (κ3) is 39.9. The van der Waals surface area contributed by atoms with Crippen molar-refractivity contribution in [1.29, 1.82) is 0 Å². The molecule has 0 N–H and O–H groups in total. The van der Waals surface area contributed by atoms with Gasteiger partial charge in [-0.1, -0.05) is 320 Å². The molecule has 0 spiro atoms. The predicted molar refractivity (Wildman–Crippen MR) is 436 cm³/mol. The zero-order chi connectivity index (χ0) is 74.5. The average molecular weight is 1360 g/mol. The number of ether oxygens (including phenoxy) is 7. The minimum absolute atomic E-state index is 0.826. The highest BCUT2D eigenvalue weighted by Crippen LogP contribution is 2.30. The fourth-order valence-electron chi connectivity index (χ4n) is 8.24. The molecule has 13 aromatic rings. The Balaban J connectivity index is 0.000000438. The minimum atomic E-state index is 0.826. The minimum Gasteiger partial charge on any atom is -0.497 e. The summed E-state index contributed by atoms with van der Waals surface area (Å²) >= 11 is 0. The monoisotopic (exact) mass is 1360 g/mol. The maximum absolute atomic E-state index is 5.90. The molecule has 13 rings (SSSR count). The zero-order valence-electron chi connectivity index (χ0n) is 63.2. The third-order valence-corrected chi connectivity index (χ3v) is 13.3. The van der Waals surface area contributed by atoms with Crippen LogP contribution in [0, 0.1) is 27.7 Å². The molecule has 0 amide bonds. The van der Waals surface area contributed by atoms with Crippen LogP contribution < -0.4 is 28.4 Å². The second kappa shape index (κ2) is 57.5. The van der Waals surface area contributed by atoms with Gasteiger partial charge in [-0.3, -0.25) is 0 Å². The first-order valence-corrected chi connectivity index (χ1v) is 35.0. The molecule has 0 radical (unpaired) electrons. The van der Waals surface area contributed by atoms with Crippen LogP contribution in [0.4, 0.5) is 0 Å². The molecule has 0 saturated carbocycles. The van der Waals surface area contributed by atoms with Gasteiger partial charge in [0.15, 0.2) is 0 Å². The summed E-state index contributed by atoms with van der Waals surface area (Å²) in [6, 6.07) is 120. The number of hydrogen-bond acceptors (Lipinski definition) is 7. The quantitative estimate of drug-likeness (QED) is 0.114. The molecule has 7 heteroatoms. The fraction of sp³-hybridized carbons (Fsp3) is 0.179. The van der Waals surface area contributed by atoms with Crippen LogP contribution in [0.2, 0.25) is 0 Å². The van der Waals surface area contributed by atoms with Gasteiger partial charge in [-0.2, -0.15) is 0 Å². The van der Waals surface area contributed by atoms with E-state index in [1.54, 1.807) is 28.4 Å².